The van der Waals surface area contributed by atoms with Crippen molar-refractivity contribution in [2.45, 2.75) is 27.2 Å². The predicted molar refractivity (Wildman–Crippen MR) is 56.0 cm³/mol. The van der Waals surface area contributed by atoms with E-state index in [0.29, 0.717) is 12.5 Å². The lowest BCUT2D eigenvalue weighted by Crippen LogP contribution is -2.11. The summed E-state index contributed by atoms with van der Waals surface area (Å²) in [6.07, 6.45) is 2.58. The molecule has 0 unspecified atom stereocenters. The average molecular weight is 195 g/mol. The van der Waals surface area contributed by atoms with Gasteiger partial charge in [0.2, 0.25) is 11.8 Å². The van der Waals surface area contributed by atoms with E-state index in [1.165, 1.54) is 0 Å². The van der Waals surface area contributed by atoms with E-state index in [2.05, 4.69) is 30.7 Å². The van der Waals surface area contributed by atoms with Gasteiger partial charge in [-0.2, -0.15) is 4.98 Å². The van der Waals surface area contributed by atoms with Gasteiger partial charge in [-0.3, -0.25) is 0 Å². The zero-order valence-corrected chi connectivity index (χ0v) is 8.95. The maximum absolute atomic E-state index is 5.43. The summed E-state index contributed by atoms with van der Waals surface area (Å²) in [6, 6.07) is 1.71. The monoisotopic (exact) mass is 195 g/mol. The van der Waals surface area contributed by atoms with Gasteiger partial charge in [0.15, 0.2) is 0 Å². The number of hydrogen-bond acceptors (Lipinski definition) is 4. The van der Waals surface area contributed by atoms with E-state index < -0.39 is 0 Å². The van der Waals surface area contributed by atoms with Crippen molar-refractivity contribution < 1.29 is 4.74 Å². The van der Waals surface area contributed by atoms with Gasteiger partial charge in [0.25, 0.3) is 0 Å². The Balaban J connectivity index is 2.39. The first kappa shape index (κ1) is 10.8. The molecule has 0 aromatic carbocycles. The van der Waals surface area contributed by atoms with Crippen LogP contribution in [-0.4, -0.2) is 16.6 Å². The van der Waals surface area contributed by atoms with Crippen LogP contribution in [0.15, 0.2) is 12.3 Å². The first-order valence-electron chi connectivity index (χ1n) is 4.69. The van der Waals surface area contributed by atoms with Crippen LogP contribution in [0.5, 0.6) is 5.88 Å². The van der Waals surface area contributed by atoms with E-state index in [-0.39, 0.29) is 11.4 Å². The minimum Gasteiger partial charge on any atom is -0.478 e. The van der Waals surface area contributed by atoms with Crippen LogP contribution in [0.25, 0.3) is 0 Å². The second-order valence-corrected chi connectivity index (χ2v) is 4.41. The molecule has 0 aliphatic rings. The summed E-state index contributed by atoms with van der Waals surface area (Å²) in [5.74, 6) is 0.792. The van der Waals surface area contributed by atoms with E-state index in [0.717, 1.165) is 6.42 Å². The molecular formula is C10H17N3O. The van der Waals surface area contributed by atoms with Crippen molar-refractivity contribution in [1.29, 1.82) is 0 Å². The third-order valence-corrected chi connectivity index (χ3v) is 1.75. The van der Waals surface area contributed by atoms with Gasteiger partial charge in [0.1, 0.15) is 0 Å². The molecule has 4 heteroatoms. The van der Waals surface area contributed by atoms with Crippen molar-refractivity contribution >= 4 is 5.95 Å². The lowest BCUT2D eigenvalue weighted by molar-refractivity contribution is 0.236. The largest absolute Gasteiger partial charge is 0.478 e. The fourth-order valence-electron chi connectivity index (χ4n) is 0.899. The molecule has 0 amide bonds. The number of nitrogens with zero attached hydrogens (tertiary/aromatic N) is 2. The molecule has 0 saturated carbocycles. The molecule has 2 N–H and O–H groups in total. The van der Waals surface area contributed by atoms with E-state index in [9.17, 15) is 0 Å². The summed E-state index contributed by atoms with van der Waals surface area (Å²) in [7, 11) is 0. The van der Waals surface area contributed by atoms with E-state index in [4.69, 9.17) is 10.5 Å². The summed E-state index contributed by atoms with van der Waals surface area (Å²) in [5, 5.41) is 0. The number of nitrogens with two attached hydrogens (primary N) is 1. The highest BCUT2D eigenvalue weighted by atomic mass is 16.5. The minimum absolute atomic E-state index is 0.248. The Kier molecular flexibility index (Phi) is 3.28. The van der Waals surface area contributed by atoms with Crippen LogP contribution < -0.4 is 10.5 Å². The topological polar surface area (TPSA) is 61.0 Å². The molecule has 1 rings (SSSR count). The van der Waals surface area contributed by atoms with Crippen molar-refractivity contribution in [3.63, 3.8) is 0 Å². The molecule has 0 saturated heterocycles. The molecule has 1 aromatic rings. The van der Waals surface area contributed by atoms with Crippen LogP contribution in [0.1, 0.15) is 27.2 Å². The Bertz CT molecular complexity index is 294. The fraction of sp³-hybridized carbons (Fsp3) is 0.600. The Labute approximate surface area is 84.5 Å². The van der Waals surface area contributed by atoms with Gasteiger partial charge in [0.05, 0.1) is 6.61 Å². The van der Waals surface area contributed by atoms with Crippen LogP contribution in [0, 0.1) is 5.41 Å². The van der Waals surface area contributed by atoms with Crippen LogP contribution >= 0.6 is 0 Å². The van der Waals surface area contributed by atoms with Gasteiger partial charge in [0, 0.05) is 12.3 Å². The second kappa shape index (κ2) is 4.26. The zero-order chi connectivity index (χ0) is 10.6. The highest BCUT2D eigenvalue weighted by Gasteiger charge is 2.10. The van der Waals surface area contributed by atoms with Crippen LogP contribution in [-0.2, 0) is 0 Å². The van der Waals surface area contributed by atoms with Gasteiger partial charge in [-0.25, -0.2) is 4.98 Å². The molecular weight excluding hydrogens is 178 g/mol. The molecule has 14 heavy (non-hydrogen) atoms. The van der Waals surface area contributed by atoms with Crippen molar-refractivity contribution in [3.05, 3.63) is 12.3 Å². The van der Waals surface area contributed by atoms with Crippen LogP contribution in [0.4, 0.5) is 5.95 Å². The highest BCUT2D eigenvalue weighted by molar-refractivity contribution is 5.20. The molecule has 1 aromatic heterocycles. The van der Waals surface area contributed by atoms with Crippen molar-refractivity contribution in [2.24, 2.45) is 5.41 Å². The molecule has 78 valence electrons. The van der Waals surface area contributed by atoms with E-state index >= 15 is 0 Å². The molecule has 0 aliphatic heterocycles. The van der Waals surface area contributed by atoms with E-state index in [1.807, 2.05) is 0 Å². The quantitative estimate of drug-likeness (QED) is 0.799. The van der Waals surface area contributed by atoms with Gasteiger partial charge in [-0.1, -0.05) is 20.8 Å². The number of rotatable bonds is 3. The Morgan fingerprint density at radius 3 is 2.71 bits per heavy atom. The molecule has 0 radical (unpaired) electrons. The Hall–Kier alpha value is -1.32. The first-order valence-corrected chi connectivity index (χ1v) is 4.69. The lowest BCUT2D eigenvalue weighted by Gasteiger charge is -2.17. The maximum atomic E-state index is 5.43. The maximum Gasteiger partial charge on any atom is 0.223 e. The molecule has 1 heterocycles. The van der Waals surface area contributed by atoms with Crippen LogP contribution in [0.2, 0.25) is 0 Å². The summed E-state index contributed by atoms with van der Waals surface area (Å²) < 4.78 is 5.43. The number of anilines is 1. The zero-order valence-electron chi connectivity index (χ0n) is 8.95. The lowest BCUT2D eigenvalue weighted by atomic mass is 9.93. The van der Waals surface area contributed by atoms with Crippen LogP contribution in [0.3, 0.4) is 0 Å². The highest BCUT2D eigenvalue weighted by Crippen LogP contribution is 2.18. The Morgan fingerprint density at radius 1 is 1.43 bits per heavy atom. The van der Waals surface area contributed by atoms with Gasteiger partial charge >= 0.3 is 0 Å². The Morgan fingerprint density at radius 2 is 2.14 bits per heavy atom. The SMILES string of the molecule is CC(C)(C)CCOc1ccnc(N)n1. The second-order valence-electron chi connectivity index (χ2n) is 4.41. The smallest absolute Gasteiger partial charge is 0.223 e. The molecule has 0 spiro atoms. The van der Waals surface area contributed by atoms with Gasteiger partial charge < -0.3 is 10.5 Å². The summed E-state index contributed by atoms with van der Waals surface area (Å²) in [6.45, 7) is 7.17. The average Bonchev–Trinajstić information content (AvgIpc) is 2.01. The van der Waals surface area contributed by atoms with E-state index in [1.54, 1.807) is 12.3 Å². The standard InChI is InChI=1S/C10H17N3O/c1-10(2,3)5-7-14-8-4-6-12-9(11)13-8/h4,6H,5,7H2,1-3H3,(H2,11,12,13). The molecule has 4 nitrogen and oxygen atoms in total. The number of aromatic nitrogens is 2. The number of ether oxygens (including phenoxy) is 1. The minimum atomic E-state index is 0.248. The third-order valence-electron chi connectivity index (χ3n) is 1.75. The molecule has 0 aliphatic carbocycles. The van der Waals surface area contributed by atoms with Gasteiger partial charge in [-0.05, 0) is 11.8 Å². The number of hydrogen-bond donors (Lipinski definition) is 1. The van der Waals surface area contributed by atoms with Crippen molar-refractivity contribution in [2.75, 3.05) is 12.3 Å². The molecule has 0 fully saturated rings. The molecule has 0 bridgehead atoms. The van der Waals surface area contributed by atoms with Crippen molar-refractivity contribution in [1.82, 2.24) is 9.97 Å². The normalized spacial score (nSPS) is 11.4. The number of nitrogen functional groups attached to an aromatic ring is 1. The summed E-state index contributed by atoms with van der Waals surface area (Å²) in [5.41, 5.74) is 5.69. The van der Waals surface area contributed by atoms with Gasteiger partial charge in [-0.15, -0.1) is 0 Å². The first-order chi connectivity index (χ1) is 6.47. The fourth-order valence-corrected chi connectivity index (χ4v) is 0.899. The third kappa shape index (κ3) is 4.07. The summed E-state index contributed by atoms with van der Waals surface area (Å²) >= 11 is 0. The molecule has 0 atom stereocenters. The van der Waals surface area contributed by atoms with Crippen molar-refractivity contribution in [3.8, 4) is 5.88 Å². The predicted octanol–water partition coefficient (Wildman–Crippen LogP) is 1.87. The summed E-state index contributed by atoms with van der Waals surface area (Å²) in [4.78, 5) is 7.72.